The van der Waals surface area contributed by atoms with E-state index < -0.39 is 0 Å². The van der Waals surface area contributed by atoms with E-state index in [9.17, 15) is 4.39 Å². The summed E-state index contributed by atoms with van der Waals surface area (Å²) >= 11 is 0. The van der Waals surface area contributed by atoms with Crippen LogP contribution in [-0.2, 0) is 7.05 Å². The molecule has 0 atom stereocenters. The van der Waals surface area contributed by atoms with Crippen molar-refractivity contribution in [3.8, 4) is 11.4 Å². The summed E-state index contributed by atoms with van der Waals surface area (Å²) in [5.41, 5.74) is 2.59. The van der Waals surface area contributed by atoms with E-state index in [-0.39, 0.29) is 5.82 Å². The van der Waals surface area contributed by atoms with Crippen molar-refractivity contribution in [2.24, 2.45) is 7.05 Å². The second kappa shape index (κ2) is 3.20. The molecule has 0 radical (unpaired) electrons. The van der Waals surface area contributed by atoms with Crippen LogP contribution in [0.4, 0.5) is 4.39 Å². The van der Waals surface area contributed by atoms with Crippen molar-refractivity contribution in [3.05, 3.63) is 42.3 Å². The first-order valence-electron chi connectivity index (χ1n) is 5.02. The summed E-state index contributed by atoms with van der Waals surface area (Å²) in [6.45, 7) is 0. The normalized spacial score (nSPS) is 11.1. The molecule has 4 heteroatoms. The molecule has 0 saturated carbocycles. The third kappa shape index (κ3) is 1.23. The highest BCUT2D eigenvalue weighted by Gasteiger charge is 2.11. The van der Waals surface area contributed by atoms with E-state index >= 15 is 0 Å². The predicted molar refractivity (Wildman–Crippen MR) is 60.5 cm³/mol. The van der Waals surface area contributed by atoms with Gasteiger partial charge in [0.15, 0.2) is 0 Å². The number of aromatic nitrogens is 3. The van der Waals surface area contributed by atoms with Crippen molar-refractivity contribution in [1.29, 1.82) is 0 Å². The van der Waals surface area contributed by atoms with Crippen LogP contribution in [0.5, 0.6) is 0 Å². The molecule has 1 aromatic carbocycles. The molecule has 2 aromatic heterocycles. The van der Waals surface area contributed by atoms with Crippen LogP contribution >= 0.6 is 0 Å². The zero-order valence-corrected chi connectivity index (χ0v) is 8.74. The maximum atomic E-state index is 13.1. The van der Waals surface area contributed by atoms with Gasteiger partial charge in [0.2, 0.25) is 0 Å². The molecule has 0 bridgehead atoms. The molecule has 3 aromatic rings. The number of rotatable bonds is 1. The van der Waals surface area contributed by atoms with E-state index in [0.717, 1.165) is 22.3 Å². The third-order valence-electron chi connectivity index (χ3n) is 2.67. The van der Waals surface area contributed by atoms with Gasteiger partial charge in [-0.1, -0.05) is 0 Å². The lowest BCUT2D eigenvalue weighted by atomic mass is 10.1. The zero-order chi connectivity index (χ0) is 11.1. The van der Waals surface area contributed by atoms with E-state index in [1.807, 2.05) is 25.4 Å². The van der Waals surface area contributed by atoms with Crippen molar-refractivity contribution in [1.82, 2.24) is 14.8 Å². The molecule has 0 aliphatic heterocycles. The highest BCUT2D eigenvalue weighted by Crippen LogP contribution is 2.26. The number of halogens is 1. The Morgan fingerprint density at radius 2 is 2.19 bits per heavy atom. The molecule has 0 unspecified atom stereocenters. The minimum Gasteiger partial charge on any atom is -0.360 e. The van der Waals surface area contributed by atoms with Gasteiger partial charge in [0.1, 0.15) is 11.5 Å². The number of nitrogens with one attached hydrogen (secondary N) is 1. The zero-order valence-electron chi connectivity index (χ0n) is 8.74. The van der Waals surface area contributed by atoms with E-state index in [4.69, 9.17) is 0 Å². The molecule has 0 spiro atoms. The van der Waals surface area contributed by atoms with Gasteiger partial charge in [0.25, 0.3) is 0 Å². The van der Waals surface area contributed by atoms with Gasteiger partial charge in [-0.3, -0.25) is 4.68 Å². The summed E-state index contributed by atoms with van der Waals surface area (Å²) in [5, 5.41) is 5.34. The lowest BCUT2D eigenvalue weighted by Crippen LogP contribution is -1.89. The van der Waals surface area contributed by atoms with Gasteiger partial charge in [-0.15, -0.1) is 0 Å². The number of nitrogens with zero attached hydrogens (tertiary/aromatic N) is 2. The Bertz CT molecular complexity index is 638. The molecular weight excluding hydrogens is 205 g/mol. The minimum atomic E-state index is -0.242. The average molecular weight is 215 g/mol. The fraction of sp³-hybridized carbons (Fsp3) is 0.0833. The Morgan fingerprint density at radius 1 is 1.31 bits per heavy atom. The maximum Gasteiger partial charge on any atom is 0.125 e. The summed E-state index contributed by atoms with van der Waals surface area (Å²) in [6, 6.07) is 8.57. The fourth-order valence-corrected chi connectivity index (χ4v) is 1.91. The van der Waals surface area contributed by atoms with Gasteiger partial charge in [0.05, 0.1) is 11.2 Å². The van der Waals surface area contributed by atoms with Crippen LogP contribution in [0, 0.1) is 5.82 Å². The molecule has 0 aliphatic carbocycles. The lowest BCUT2D eigenvalue weighted by Gasteiger charge is -1.93. The number of aromatic amines is 1. The maximum absolute atomic E-state index is 13.1. The lowest BCUT2D eigenvalue weighted by molar-refractivity contribution is 0.628. The SMILES string of the molecule is Cn1nc(-c2ccc[nH]2)c2ccc(F)cc21. The minimum absolute atomic E-state index is 0.242. The van der Waals surface area contributed by atoms with E-state index in [0.29, 0.717) is 0 Å². The second-order valence-electron chi connectivity index (χ2n) is 3.72. The highest BCUT2D eigenvalue weighted by atomic mass is 19.1. The average Bonchev–Trinajstić information content (AvgIpc) is 2.87. The van der Waals surface area contributed by atoms with Crippen LogP contribution in [0.15, 0.2) is 36.5 Å². The van der Waals surface area contributed by atoms with Gasteiger partial charge >= 0.3 is 0 Å². The summed E-state index contributed by atoms with van der Waals surface area (Å²) in [6.07, 6.45) is 1.85. The number of hydrogen-bond donors (Lipinski definition) is 1. The first-order valence-corrected chi connectivity index (χ1v) is 5.02. The smallest absolute Gasteiger partial charge is 0.125 e. The monoisotopic (exact) mass is 215 g/mol. The third-order valence-corrected chi connectivity index (χ3v) is 2.67. The molecular formula is C12H10FN3. The number of fused-ring (bicyclic) bond motifs is 1. The first-order chi connectivity index (χ1) is 7.75. The molecule has 0 aliphatic rings. The second-order valence-corrected chi connectivity index (χ2v) is 3.72. The van der Waals surface area contributed by atoms with Crippen molar-refractivity contribution in [3.63, 3.8) is 0 Å². The topological polar surface area (TPSA) is 33.6 Å². The molecule has 80 valence electrons. The largest absolute Gasteiger partial charge is 0.360 e. The molecule has 0 saturated heterocycles. The van der Waals surface area contributed by atoms with Crippen LogP contribution < -0.4 is 0 Å². The van der Waals surface area contributed by atoms with Gasteiger partial charge in [0, 0.05) is 18.6 Å². The van der Waals surface area contributed by atoms with E-state index in [1.165, 1.54) is 12.1 Å². The molecule has 1 N–H and O–H groups in total. The fourth-order valence-electron chi connectivity index (χ4n) is 1.91. The van der Waals surface area contributed by atoms with Crippen molar-refractivity contribution >= 4 is 10.9 Å². The molecule has 0 amide bonds. The van der Waals surface area contributed by atoms with Gasteiger partial charge in [-0.05, 0) is 30.3 Å². The van der Waals surface area contributed by atoms with Crippen LogP contribution in [0.3, 0.4) is 0 Å². The van der Waals surface area contributed by atoms with Crippen LogP contribution in [0.2, 0.25) is 0 Å². The molecule has 16 heavy (non-hydrogen) atoms. The van der Waals surface area contributed by atoms with Crippen LogP contribution in [0.1, 0.15) is 0 Å². The number of hydrogen-bond acceptors (Lipinski definition) is 1. The summed E-state index contributed by atoms with van der Waals surface area (Å²) in [5.74, 6) is -0.242. The van der Waals surface area contributed by atoms with Crippen molar-refractivity contribution in [2.45, 2.75) is 0 Å². The summed E-state index contributed by atoms with van der Waals surface area (Å²) < 4.78 is 14.8. The molecule has 3 nitrogen and oxygen atoms in total. The molecule has 2 heterocycles. The van der Waals surface area contributed by atoms with Crippen LogP contribution in [0.25, 0.3) is 22.3 Å². The molecule has 3 rings (SSSR count). The Morgan fingerprint density at radius 3 is 2.94 bits per heavy atom. The van der Waals surface area contributed by atoms with Crippen LogP contribution in [-0.4, -0.2) is 14.8 Å². The standard InChI is InChI=1S/C12H10FN3/c1-16-11-7-8(13)4-5-9(11)12(15-16)10-3-2-6-14-10/h2-7,14H,1H3. The Kier molecular flexibility index (Phi) is 1.83. The van der Waals surface area contributed by atoms with Gasteiger partial charge in [-0.25, -0.2) is 4.39 Å². The number of H-pyrrole nitrogens is 1. The summed E-state index contributed by atoms with van der Waals surface area (Å²) in [7, 11) is 1.81. The summed E-state index contributed by atoms with van der Waals surface area (Å²) in [4.78, 5) is 3.10. The Labute approximate surface area is 91.5 Å². The predicted octanol–water partition coefficient (Wildman–Crippen LogP) is 2.71. The Balaban J connectivity index is 2.35. The van der Waals surface area contributed by atoms with E-state index in [1.54, 1.807) is 10.7 Å². The van der Waals surface area contributed by atoms with E-state index in [2.05, 4.69) is 10.1 Å². The number of aryl methyl sites for hydroxylation is 1. The highest BCUT2D eigenvalue weighted by molar-refractivity contribution is 5.92. The van der Waals surface area contributed by atoms with Gasteiger partial charge in [-0.2, -0.15) is 5.10 Å². The van der Waals surface area contributed by atoms with Gasteiger partial charge < -0.3 is 4.98 Å². The Hall–Kier alpha value is -2.10. The van der Waals surface area contributed by atoms with Crippen molar-refractivity contribution in [2.75, 3.05) is 0 Å². The molecule has 0 fully saturated rings. The van der Waals surface area contributed by atoms with Crippen molar-refractivity contribution < 1.29 is 4.39 Å². The first kappa shape index (κ1) is 9.15. The number of benzene rings is 1. The quantitative estimate of drug-likeness (QED) is 0.665.